The maximum Gasteiger partial charge on any atom is 0.161 e. The first-order chi connectivity index (χ1) is 8.97. The molecule has 0 radical (unpaired) electrons. The van der Waals surface area contributed by atoms with Crippen LogP contribution in [0.1, 0.15) is 11.1 Å². The number of hydrogen-bond donors (Lipinski definition) is 1. The van der Waals surface area contributed by atoms with Crippen molar-refractivity contribution in [1.29, 1.82) is 0 Å². The first-order valence-corrected chi connectivity index (χ1v) is 5.84. The SMILES string of the molecule is Cc1cc(NCc2cc(F)c(F)cc2F)cnc1Cl. The van der Waals surface area contributed by atoms with E-state index in [0.717, 1.165) is 11.6 Å². The molecule has 1 aromatic heterocycles. The Morgan fingerprint density at radius 3 is 2.47 bits per heavy atom. The zero-order chi connectivity index (χ0) is 14.0. The van der Waals surface area contributed by atoms with Crippen LogP contribution in [0.5, 0.6) is 0 Å². The summed E-state index contributed by atoms with van der Waals surface area (Å²) in [6.45, 7) is 1.80. The molecule has 0 unspecified atom stereocenters. The second kappa shape index (κ2) is 5.48. The van der Waals surface area contributed by atoms with Gasteiger partial charge in [0.25, 0.3) is 0 Å². The average Bonchev–Trinajstić information content (AvgIpc) is 2.36. The summed E-state index contributed by atoms with van der Waals surface area (Å²) in [5.74, 6) is -3.08. The molecule has 2 nitrogen and oxygen atoms in total. The Hall–Kier alpha value is -1.75. The lowest BCUT2D eigenvalue weighted by Gasteiger charge is -2.09. The topological polar surface area (TPSA) is 24.9 Å². The van der Waals surface area contributed by atoms with Crippen molar-refractivity contribution in [1.82, 2.24) is 4.98 Å². The summed E-state index contributed by atoms with van der Waals surface area (Å²) in [6.07, 6.45) is 1.48. The van der Waals surface area contributed by atoms with Crippen molar-refractivity contribution in [2.75, 3.05) is 5.32 Å². The molecule has 0 bridgehead atoms. The number of aromatic nitrogens is 1. The van der Waals surface area contributed by atoms with Gasteiger partial charge in [0.2, 0.25) is 0 Å². The molecule has 0 aliphatic heterocycles. The van der Waals surface area contributed by atoms with Crippen LogP contribution in [0.15, 0.2) is 24.4 Å². The molecule has 19 heavy (non-hydrogen) atoms. The van der Waals surface area contributed by atoms with Gasteiger partial charge in [0, 0.05) is 18.2 Å². The van der Waals surface area contributed by atoms with Gasteiger partial charge in [-0.25, -0.2) is 18.2 Å². The number of hydrogen-bond acceptors (Lipinski definition) is 2. The number of anilines is 1. The second-order valence-corrected chi connectivity index (χ2v) is 4.40. The molecule has 0 spiro atoms. The third kappa shape index (κ3) is 3.17. The van der Waals surface area contributed by atoms with Crippen LogP contribution in [0.25, 0.3) is 0 Å². The zero-order valence-corrected chi connectivity index (χ0v) is 10.7. The van der Waals surface area contributed by atoms with Gasteiger partial charge in [-0.3, -0.25) is 0 Å². The summed E-state index contributed by atoms with van der Waals surface area (Å²) in [5, 5.41) is 3.25. The average molecular weight is 287 g/mol. The van der Waals surface area contributed by atoms with Crippen molar-refractivity contribution in [3.8, 4) is 0 Å². The van der Waals surface area contributed by atoms with Crippen LogP contribution < -0.4 is 5.32 Å². The number of pyridine rings is 1. The Morgan fingerprint density at radius 2 is 1.79 bits per heavy atom. The quantitative estimate of drug-likeness (QED) is 0.679. The molecular weight excluding hydrogens is 277 g/mol. The fourth-order valence-corrected chi connectivity index (χ4v) is 1.65. The van der Waals surface area contributed by atoms with Gasteiger partial charge in [-0.2, -0.15) is 0 Å². The number of nitrogens with one attached hydrogen (secondary N) is 1. The number of halogens is 4. The van der Waals surface area contributed by atoms with Crippen LogP contribution in [-0.2, 0) is 6.54 Å². The Kier molecular flexibility index (Phi) is 3.95. The normalized spacial score (nSPS) is 10.6. The van der Waals surface area contributed by atoms with Gasteiger partial charge in [-0.15, -0.1) is 0 Å². The minimum atomic E-state index is -1.20. The fraction of sp³-hybridized carbons (Fsp3) is 0.154. The van der Waals surface area contributed by atoms with Gasteiger partial charge >= 0.3 is 0 Å². The fourth-order valence-electron chi connectivity index (χ4n) is 1.55. The molecule has 0 aliphatic rings. The van der Waals surface area contributed by atoms with Gasteiger partial charge in [-0.1, -0.05) is 11.6 Å². The predicted octanol–water partition coefficient (Wildman–Crippen LogP) is 4.07. The van der Waals surface area contributed by atoms with Crippen LogP contribution in [0.2, 0.25) is 5.15 Å². The molecule has 0 amide bonds. The Morgan fingerprint density at radius 1 is 1.11 bits per heavy atom. The van der Waals surface area contributed by atoms with Crippen LogP contribution in [0.3, 0.4) is 0 Å². The molecule has 100 valence electrons. The zero-order valence-electron chi connectivity index (χ0n) is 9.98. The van der Waals surface area contributed by atoms with E-state index < -0.39 is 17.5 Å². The molecule has 1 N–H and O–H groups in total. The van der Waals surface area contributed by atoms with Crippen molar-refractivity contribution in [3.63, 3.8) is 0 Å². The maximum absolute atomic E-state index is 13.4. The van der Waals surface area contributed by atoms with Crippen LogP contribution in [0, 0.1) is 24.4 Å². The molecule has 2 aromatic rings. The minimum Gasteiger partial charge on any atom is -0.380 e. The molecule has 0 fully saturated rings. The summed E-state index contributed by atoms with van der Waals surface area (Å²) in [4.78, 5) is 3.92. The summed E-state index contributed by atoms with van der Waals surface area (Å²) in [5.41, 5.74) is 1.41. The lowest BCUT2D eigenvalue weighted by molar-refractivity contribution is 0.490. The standard InChI is InChI=1S/C13H10ClF3N2/c1-7-2-9(6-19-13(7)14)18-5-8-3-11(16)12(17)4-10(8)15/h2-4,6,18H,5H2,1H3. The Bertz CT molecular complexity index is 617. The molecule has 1 aromatic carbocycles. The third-order valence-electron chi connectivity index (χ3n) is 2.59. The smallest absolute Gasteiger partial charge is 0.161 e. The molecule has 0 saturated carbocycles. The van der Waals surface area contributed by atoms with Crippen LogP contribution in [-0.4, -0.2) is 4.98 Å². The highest BCUT2D eigenvalue weighted by molar-refractivity contribution is 6.30. The minimum absolute atomic E-state index is 0.0196. The Balaban J connectivity index is 2.14. The van der Waals surface area contributed by atoms with Crippen molar-refractivity contribution in [2.45, 2.75) is 13.5 Å². The lowest BCUT2D eigenvalue weighted by Crippen LogP contribution is -2.04. The van der Waals surface area contributed by atoms with E-state index in [0.29, 0.717) is 16.9 Å². The maximum atomic E-state index is 13.4. The summed E-state index contributed by atoms with van der Waals surface area (Å²) in [6, 6.07) is 3.08. The highest BCUT2D eigenvalue weighted by Gasteiger charge is 2.09. The molecule has 6 heteroatoms. The van der Waals surface area contributed by atoms with E-state index in [2.05, 4.69) is 10.3 Å². The van der Waals surface area contributed by atoms with E-state index >= 15 is 0 Å². The monoisotopic (exact) mass is 286 g/mol. The van der Waals surface area contributed by atoms with E-state index in [1.165, 1.54) is 6.20 Å². The van der Waals surface area contributed by atoms with E-state index in [1.54, 1.807) is 13.0 Å². The number of benzene rings is 1. The van der Waals surface area contributed by atoms with Gasteiger partial charge in [0.05, 0.1) is 11.9 Å². The number of nitrogens with zero attached hydrogens (tertiary/aromatic N) is 1. The number of rotatable bonds is 3. The first-order valence-electron chi connectivity index (χ1n) is 5.47. The van der Waals surface area contributed by atoms with E-state index in [9.17, 15) is 13.2 Å². The molecule has 2 rings (SSSR count). The highest BCUT2D eigenvalue weighted by atomic mass is 35.5. The van der Waals surface area contributed by atoms with Crippen LogP contribution >= 0.6 is 11.6 Å². The predicted molar refractivity (Wildman–Crippen MR) is 67.6 cm³/mol. The van der Waals surface area contributed by atoms with Gasteiger partial charge < -0.3 is 5.32 Å². The molecule has 0 saturated heterocycles. The molecule has 0 atom stereocenters. The number of aryl methyl sites for hydroxylation is 1. The molecule has 0 aliphatic carbocycles. The third-order valence-corrected chi connectivity index (χ3v) is 2.98. The summed E-state index contributed by atoms with van der Waals surface area (Å²) < 4.78 is 39.2. The van der Waals surface area contributed by atoms with Crippen LogP contribution in [0.4, 0.5) is 18.9 Å². The van der Waals surface area contributed by atoms with Gasteiger partial charge in [-0.05, 0) is 24.6 Å². The first kappa shape index (κ1) is 13.7. The Labute approximate surface area is 113 Å². The lowest BCUT2D eigenvalue weighted by atomic mass is 10.2. The summed E-state index contributed by atoms with van der Waals surface area (Å²) >= 11 is 5.77. The molecular formula is C13H10ClF3N2. The molecule has 1 heterocycles. The van der Waals surface area contributed by atoms with Crippen molar-refractivity contribution < 1.29 is 13.2 Å². The van der Waals surface area contributed by atoms with Crippen molar-refractivity contribution in [2.24, 2.45) is 0 Å². The van der Waals surface area contributed by atoms with Gasteiger partial charge in [0.1, 0.15) is 11.0 Å². The van der Waals surface area contributed by atoms with Crippen molar-refractivity contribution >= 4 is 17.3 Å². The van der Waals surface area contributed by atoms with E-state index in [4.69, 9.17) is 11.6 Å². The largest absolute Gasteiger partial charge is 0.380 e. The highest BCUT2D eigenvalue weighted by Crippen LogP contribution is 2.18. The van der Waals surface area contributed by atoms with Crippen molar-refractivity contribution in [3.05, 3.63) is 58.1 Å². The van der Waals surface area contributed by atoms with Gasteiger partial charge in [0.15, 0.2) is 11.6 Å². The van der Waals surface area contributed by atoms with E-state index in [-0.39, 0.29) is 12.1 Å². The summed E-state index contributed by atoms with van der Waals surface area (Å²) in [7, 11) is 0. The van der Waals surface area contributed by atoms with E-state index in [1.807, 2.05) is 0 Å². The second-order valence-electron chi connectivity index (χ2n) is 4.04.